The van der Waals surface area contributed by atoms with E-state index in [1.54, 1.807) is 0 Å². The Hall–Kier alpha value is -7.14. The molecule has 0 atom stereocenters. The van der Waals surface area contributed by atoms with Crippen LogP contribution in [0.1, 0.15) is 22.3 Å². The van der Waals surface area contributed by atoms with Crippen LogP contribution < -0.4 is 0 Å². The van der Waals surface area contributed by atoms with E-state index in [0.29, 0.717) is 0 Å². The molecule has 0 saturated heterocycles. The maximum atomic E-state index is 5.32. The number of fused-ring (bicyclic) bond motifs is 17. The van der Waals surface area contributed by atoms with Crippen molar-refractivity contribution in [3.63, 3.8) is 0 Å². The van der Waals surface area contributed by atoms with Crippen molar-refractivity contribution in [2.24, 2.45) is 0 Å². The van der Waals surface area contributed by atoms with Crippen molar-refractivity contribution in [2.75, 3.05) is 0 Å². The quantitative estimate of drug-likeness (QED) is 0.181. The maximum absolute atomic E-state index is 5.32. The number of benzene rings is 8. The Morgan fingerprint density at radius 3 is 1.98 bits per heavy atom. The molecule has 1 spiro atoms. The maximum Gasteiger partial charge on any atom is 0.159 e. The Kier molecular flexibility index (Phi) is 6.25. The van der Waals surface area contributed by atoms with Gasteiger partial charge in [-0.05, 0) is 81.4 Å². The minimum atomic E-state index is -0.467. The lowest BCUT2D eigenvalue weighted by Crippen LogP contribution is -2.25. The molecule has 0 unspecified atom stereocenters. The number of hydrogen-bond donors (Lipinski definition) is 0. The van der Waals surface area contributed by atoms with E-state index < -0.39 is 5.41 Å². The molecule has 4 heteroatoms. The van der Waals surface area contributed by atoms with Crippen molar-refractivity contribution in [1.29, 1.82) is 0 Å². The molecule has 3 aromatic heterocycles. The van der Waals surface area contributed by atoms with Gasteiger partial charge in [0.25, 0.3) is 0 Å². The SMILES string of the molecule is c1ccc(-n2c3ccccc3c3ccc(-c4ccnc(-c5ccc6c(c5)C5(c7ccccc7-c7ccccc75)c5ccc7c(sc8ccccc87)c5-6)n4)cc32)cc1. The van der Waals surface area contributed by atoms with Gasteiger partial charge in [-0.25, -0.2) is 9.97 Å². The van der Waals surface area contributed by atoms with Crippen LogP contribution in [0.3, 0.4) is 0 Å². The zero-order valence-electron chi connectivity index (χ0n) is 30.6. The molecule has 57 heavy (non-hydrogen) atoms. The van der Waals surface area contributed by atoms with Gasteiger partial charge in [0.1, 0.15) is 0 Å². The molecular formula is C53H31N3S. The zero-order valence-corrected chi connectivity index (χ0v) is 31.5. The van der Waals surface area contributed by atoms with Gasteiger partial charge < -0.3 is 4.57 Å². The predicted molar refractivity (Wildman–Crippen MR) is 236 cm³/mol. The summed E-state index contributed by atoms with van der Waals surface area (Å²) in [6.07, 6.45) is 1.91. The molecule has 8 aromatic carbocycles. The fraction of sp³-hybridized carbons (Fsp3) is 0.0189. The van der Waals surface area contributed by atoms with E-state index in [-0.39, 0.29) is 0 Å². The van der Waals surface area contributed by atoms with Gasteiger partial charge in [-0.15, -0.1) is 11.3 Å². The van der Waals surface area contributed by atoms with Gasteiger partial charge in [0.2, 0.25) is 0 Å². The van der Waals surface area contributed by atoms with Gasteiger partial charge in [-0.2, -0.15) is 0 Å². The average molecular weight is 742 g/mol. The smallest absolute Gasteiger partial charge is 0.159 e. The van der Waals surface area contributed by atoms with Crippen LogP contribution in [-0.2, 0) is 5.41 Å². The van der Waals surface area contributed by atoms with Crippen molar-refractivity contribution >= 4 is 53.3 Å². The van der Waals surface area contributed by atoms with Crippen LogP contribution in [0.2, 0.25) is 0 Å². The average Bonchev–Trinajstić information content (AvgIpc) is 4.00. The molecule has 13 rings (SSSR count). The second kappa shape index (κ2) is 11.5. The van der Waals surface area contributed by atoms with Gasteiger partial charge >= 0.3 is 0 Å². The standard InChI is InChI=1S/C53H31N3S/c1-2-12-34(13-3-1)56-47-20-10-6-16-37(47)38-24-22-32(31-48(38)56)46-28-29-54-52(55-46)33-23-25-41-45(30-33)53(42-18-8-4-14-35(42)36-15-5-9-19-43(36)53)44-27-26-40-39-17-7-11-21-49(39)57-51(40)50(41)44/h1-31H. The Morgan fingerprint density at radius 2 is 1.14 bits per heavy atom. The summed E-state index contributed by atoms with van der Waals surface area (Å²) in [4.78, 5) is 10.3. The number of thiophene rings is 1. The molecule has 3 heterocycles. The molecule has 0 amide bonds. The number of rotatable bonds is 3. The molecule has 11 aromatic rings. The highest BCUT2D eigenvalue weighted by molar-refractivity contribution is 7.26. The van der Waals surface area contributed by atoms with Crippen molar-refractivity contribution in [3.8, 4) is 50.6 Å². The van der Waals surface area contributed by atoms with E-state index in [1.807, 2.05) is 23.6 Å². The zero-order chi connectivity index (χ0) is 37.2. The summed E-state index contributed by atoms with van der Waals surface area (Å²) < 4.78 is 5.03. The number of hydrogen-bond acceptors (Lipinski definition) is 3. The summed E-state index contributed by atoms with van der Waals surface area (Å²) in [5.74, 6) is 0.719. The molecule has 0 bridgehead atoms. The highest BCUT2D eigenvalue weighted by Gasteiger charge is 2.52. The summed E-state index contributed by atoms with van der Waals surface area (Å²) in [7, 11) is 0. The molecule has 264 valence electrons. The second-order valence-corrected chi connectivity index (χ2v) is 16.3. The van der Waals surface area contributed by atoms with Crippen LogP contribution >= 0.6 is 11.3 Å². The number of para-hydroxylation sites is 2. The Bertz CT molecular complexity index is 3440. The topological polar surface area (TPSA) is 30.7 Å². The fourth-order valence-electron chi connectivity index (χ4n) is 10.2. The van der Waals surface area contributed by atoms with E-state index in [9.17, 15) is 0 Å². The van der Waals surface area contributed by atoms with E-state index in [2.05, 4.69) is 180 Å². The minimum absolute atomic E-state index is 0.467. The Labute approximate surface area is 332 Å². The van der Waals surface area contributed by atoms with Crippen LogP contribution in [-0.4, -0.2) is 14.5 Å². The van der Waals surface area contributed by atoms with Crippen LogP contribution in [0, 0.1) is 0 Å². The minimum Gasteiger partial charge on any atom is -0.309 e. The first-order valence-electron chi connectivity index (χ1n) is 19.5. The largest absolute Gasteiger partial charge is 0.309 e. The first-order chi connectivity index (χ1) is 28.3. The summed E-state index contributed by atoms with van der Waals surface area (Å²) >= 11 is 1.91. The third kappa shape index (κ3) is 4.10. The lowest BCUT2D eigenvalue weighted by molar-refractivity contribution is 0.794. The summed E-state index contributed by atoms with van der Waals surface area (Å²) in [6.45, 7) is 0. The first kappa shape index (κ1) is 31.1. The van der Waals surface area contributed by atoms with E-state index >= 15 is 0 Å². The fourth-order valence-corrected chi connectivity index (χ4v) is 11.4. The second-order valence-electron chi connectivity index (χ2n) is 15.3. The highest BCUT2D eigenvalue weighted by atomic mass is 32.1. The summed E-state index contributed by atoms with van der Waals surface area (Å²) in [6, 6.07) is 66.6. The normalized spacial score (nSPS) is 13.4. The lowest BCUT2D eigenvalue weighted by atomic mass is 9.70. The number of nitrogens with zero attached hydrogens (tertiary/aromatic N) is 3. The molecule has 2 aliphatic carbocycles. The third-order valence-electron chi connectivity index (χ3n) is 12.5. The van der Waals surface area contributed by atoms with Crippen molar-refractivity contribution < 1.29 is 0 Å². The highest BCUT2D eigenvalue weighted by Crippen LogP contribution is 2.64. The molecule has 2 aliphatic rings. The Morgan fingerprint density at radius 1 is 0.456 bits per heavy atom. The number of aromatic nitrogens is 3. The van der Waals surface area contributed by atoms with Crippen LogP contribution in [0.5, 0.6) is 0 Å². The van der Waals surface area contributed by atoms with E-state index in [4.69, 9.17) is 9.97 Å². The molecule has 0 N–H and O–H groups in total. The predicted octanol–water partition coefficient (Wildman–Crippen LogP) is 13.6. The van der Waals surface area contributed by atoms with Gasteiger partial charge in [0, 0.05) is 59.5 Å². The van der Waals surface area contributed by atoms with Crippen molar-refractivity contribution in [2.45, 2.75) is 5.41 Å². The van der Waals surface area contributed by atoms with Crippen LogP contribution in [0.4, 0.5) is 0 Å². The molecule has 0 aliphatic heterocycles. The van der Waals surface area contributed by atoms with Crippen LogP contribution in [0.25, 0.3) is 92.6 Å². The van der Waals surface area contributed by atoms with Gasteiger partial charge in [-0.3, -0.25) is 0 Å². The van der Waals surface area contributed by atoms with Gasteiger partial charge in [-0.1, -0.05) is 140 Å². The lowest BCUT2D eigenvalue weighted by Gasteiger charge is -2.30. The summed E-state index contributed by atoms with van der Waals surface area (Å²) in [5, 5.41) is 5.10. The Balaban J connectivity index is 1.03. The third-order valence-corrected chi connectivity index (χ3v) is 13.7. The van der Waals surface area contributed by atoms with Crippen molar-refractivity contribution in [3.05, 3.63) is 210 Å². The van der Waals surface area contributed by atoms with Gasteiger partial charge in [0.15, 0.2) is 5.82 Å². The van der Waals surface area contributed by atoms with Crippen LogP contribution in [0.15, 0.2) is 188 Å². The van der Waals surface area contributed by atoms with Gasteiger partial charge in [0.05, 0.1) is 22.1 Å². The summed E-state index contributed by atoms with van der Waals surface area (Å²) in [5.41, 5.74) is 16.5. The first-order valence-corrected chi connectivity index (χ1v) is 20.3. The molecular weight excluding hydrogens is 711 g/mol. The molecule has 0 radical (unpaired) electrons. The van der Waals surface area contributed by atoms with E-state index in [0.717, 1.165) is 33.8 Å². The van der Waals surface area contributed by atoms with Crippen molar-refractivity contribution in [1.82, 2.24) is 14.5 Å². The van der Waals surface area contributed by atoms with E-state index in [1.165, 1.54) is 81.0 Å². The monoisotopic (exact) mass is 741 g/mol. The molecule has 3 nitrogen and oxygen atoms in total. The molecule has 0 fully saturated rings. The molecule has 0 saturated carbocycles.